The van der Waals surface area contributed by atoms with Gasteiger partial charge in [0.05, 0.1) is 11.3 Å². The van der Waals surface area contributed by atoms with Crippen LogP contribution in [-0.4, -0.2) is 55.9 Å². The van der Waals surface area contributed by atoms with Crippen molar-refractivity contribution >= 4 is 15.9 Å². The minimum atomic E-state index is -4.45. The molecule has 0 bridgehead atoms. The molecule has 0 atom stereocenters. The zero-order chi connectivity index (χ0) is 20.8. The lowest BCUT2D eigenvalue weighted by molar-refractivity contribution is -0.160. The Bertz CT molecular complexity index is 743. The molecule has 1 aliphatic heterocycles. The van der Waals surface area contributed by atoms with Crippen LogP contribution in [-0.2, 0) is 21.2 Å². The van der Waals surface area contributed by atoms with Crippen molar-refractivity contribution in [3.8, 4) is 0 Å². The molecule has 1 amide bonds. The highest BCUT2D eigenvalue weighted by molar-refractivity contribution is 7.89. The summed E-state index contributed by atoms with van der Waals surface area (Å²) in [5, 5.41) is 0. The molecule has 158 valence electrons. The van der Waals surface area contributed by atoms with Crippen molar-refractivity contribution in [3.63, 3.8) is 0 Å². The van der Waals surface area contributed by atoms with Gasteiger partial charge in [-0.1, -0.05) is 31.9 Å². The number of benzene rings is 1. The van der Waals surface area contributed by atoms with E-state index in [1.807, 2.05) is 6.92 Å². The second kappa shape index (κ2) is 9.73. The van der Waals surface area contributed by atoms with Crippen LogP contribution in [0.3, 0.4) is 0 Å². The molecule has 0 radical (unpaired) electrons. The molecular weight excluding hydrogens is 393 g/mol. The molecule has 0 N–H and O–H groups in total. The third kappa shape index (κ3) is 6.48. The average Bonchev–Trinajstić information content (AvgIpc) is 2.65. The number of hydrogen-bond acceptors (Lipinski definition) is 3. The van der Waals surface area contributed by atoms with Gasteiger partial charge >= 0.3 is 6.18 Å². The number of alkyl halides is 3. The number of nitrogens with zero attached hydrogens (tertiary/aromatic N) is 2. The topological polar surface area (TPSA) is 57.7 Å². The Morgan fingerprint density at radius 1 is 1.11 bits per heavy atom. The number of amides is 1. The van der Waals surface area contributed by atoms with Gasteiger partial charge in [-0.25, -0.2) is 8.42 Å². The number of sulfonamides is 1. The molecule has 1 heterocycles. The first-order valence-corrected chi connectivity index (χ1v) is 11.0. The molecule has 0 saturated carbocycles. The third-order valence-corrected chi connectivity index (χ3v) is 6.65. The summed E-state index contributed by atoms with van der Waals surface area (Å²) in [4.78, 5) is 13.3. The molecule has 5 nitrogen and oxygen atoms in total. The van der Waals surface area contributed by atoms with Gasteiger partial charge < -0.3 is 4.90 Å². The number of piperidine rings is 1. The van der Waals surface area contributed by atoms with Crippen LogP contribution in [0.2, 0.25) is 0 Å². The van der Waals surface area contributed by atoms with Crippen LogP contribution >= 0.6 is 0 Å². The molecule has 2 rings (SSSR count). The van der Waals surface area contributed by atoms with E-state index in [1.54, 1.807) is 0 Å². The van der Waals surface area contributed by atoms with Crippen LogP contribution in [0.15, 0.2) is 29.2 Å². The third-order valence-electron chi connectivity index (χ3n) is 4.74. The van der Waals surface area contributed by atoms with E-state index in [9.17, 15) is 26.4 Å². The molecule has 0 aromatic heterocycles. The van der Waals surface area contributed by atoms with Crippen molar-refractivity contribution in [1.82, 2.24) is 9.21 Å². The standard InChI is InChI=1S/C19H27F3N2O3S/c1-2-3-11-23(15-19(20,21)22)18(25)14-16-7-9-17(10-8-16)28(26,27)24-12-5-4-6-13-24/h7-10H,2-6,11-15H2,1H3. The van der Waals surface area contributed by atoms with Gasteiger partial charge in [0.1, 0.15) is 6.54 Å². The van der Waals surface area contributed by atoms with Crippen molar-refractivity contribution in [1.29, 1.82) is 0 Å². The number of unbranched alkanes of at least 4 members (excludes halogenated alkanes) is 1. The maximum absolute atomic E-state index is 12.7. The smallest absolute Gasteiger partial charge is 0.333 e. The molecule has 9 heteroatoms. The fraction of sp³-hybridized carbons (Fsp3) is 0.632. The highest BCUT2D eigenvalue weighted by Crippen LogP contribution is 2.22. The van der Waals surface area contributed by atoms with E-state index in [2.05, 4.69) is 0 Å². The van der Waals surface area contributed by atoms with Crippen LogP contribution in [0, 0.1) is 0 Å². The van der Waals surface area contributed by atoms with Gasteiger partial charge in [-0.05, 0) is 37.0 Å². The van der Waals surface area contributed by atoms with Gasteiger partial charge in [-0.3, -0.25) is 4.79 Å². The van der Waals surface area contributed by atoms with Gasteiger partial charge in [0.2, 0.25) is 15.9 Å². The van der Waals surface area contributed by atoms with Crippen molar-refractivity contribution < 1.29 is 26.4 Å². The average molecular weight is 420 g/mol. The molecule has 1 aliphatic rings. The van der Waals surface area contributed by atoms with E-state index in [4.69, 9.17) is 0 Å². The molecule has 1 aromatic rings. The lowest BCUT2D eigenvalue weighted by Crippen LogP contribution is -2.40. The Morgan fingerprint density at radius 2 is 1.71 bits per heavy atom. The predicted octanol–water partition coefficient (Wildman–Crippen LogP) is 3.59. The molecule has 28 heavy (non-hydrogen) atoms. The Morgan fingerprint density at radius 3 is 2.25 bits per heavy atom. The summed E-state index contributed by atoms with van der Waals surface area (Å²) >= 11 is 0. The van der Waals surface area contributed by atoms with Gasteiger partial charge in [-0.2, -0.15) is 17.5 Å². The largest absolute Gasteiger partial charge is 0.406 e. The predicted molar refractivity (Wildman–Crippen MR) is 100 cm³/mol. The number of rotatable bonds is 8. The highest BCUT2D eigenvalue weighted by atomic mass is 32.2. The second-order valence-electron chi connectivity index (χ2n) is 7.07. The number of halogens is 3. The molecule has 1 aromatic carbocycles. The summed E-state index contributed by atoms with van der Waals surface area (Å²) < 4.78 is 64.9. The summed E-state index contributed by atoms with van der Waals surface area (Å²) in [7, 11) is -3.57. The maximum Gasteiger partial charge on any atom is 0.406 e. The zero-order valence-corrected chi connectivity index (χ0v) is 16.9. The first-order chi connectivity index (χ1) is 13.1. The lowest BCUT2D eigenvalue weighted by atomic mass is 10.1. The normalized spacial score (nSPS) is 16.1. The number of hydrogen-bond donors (Lipinski definition) is 0. The van der Waals surface area contributed by atoms with E-state index >= 15 is 0 Å². The Kier molecular flexibility index (Phi) is 7.88. The first kappa shape index (κ1) is 22.7. The molecular formula is C19H27F3N2O3S. The molecule has 1 fully saturated rings. The minimum absolute atomic E-state index is 0.0519. The van der Waals surface area contributed by atoms with Crippen LogP contribution < -0.4 is 0 Å². The van der Waals surface area contributed by atoms with Crippen LogP contribution in [0.5, 0.6) is 0 Å². The van der Waals surface area contributed by atoms with Gasteiger partial charge in [-0.15, -0.1) is 0 Å². The summed E-state index contributed by atoms with van der Waals surface area (Å²) in [6, 6.07) is 5.85. The summed E-state index contributed by atoms with van der Waals surface area (Å²) in [5.74, 6) is -0.614. The Labute approximate surface area is 164 Å². The number of carbonyl (C=O) groups is 1. The summed E-state index contributed by atoms with van der Waals surface area (Å²) in [6.45, 7) is 1.61. The Hall–Kier alpha value is -1.61. The minimum Gasteiger partial charge on any atom is -0.333 e. The fourth-order valence-electron chi connectivity index (χ4n) is 3.18. The van der Waals surface area contributed by atoms with Gasteiger partial charge in [0.15, 0.2) is 0 Å². The zero-order valence-electron chi connectivity index (χ0n) is 16.0. The highest BCUT2D eigenvalue weighted by Gasteiger charge is 2.32. The lowest BCUT2D eigenvalue weighted by Gasteiger charge is -2.26. The van der Waals surface area contributed by atoms with Gasteiger partial charge in [0, 0.05) is 19.6 Å². The van der Waals surface area contributed by atoms with E-state index in [1.165, 1.54) is 28.6 Å². The molecule has 1 saturated heterocycles. The fourth-order valence-corrected chi connectivity index (χ4v) is 4.69. The quantitative estimate of drug-likeness (QED) is 0.646. The summed E-state index contributed by atoms with van der Waals surface area (Å²) in [5.41, 5.74) is 0.492. The molecule has 0 spiro atoms. The van der Waals surface area contributed by atoms with E-state index < -0.39 is 28.7 Å². The van der Waals surface area contributed by atoms with Crippen molar-refractivity contribution in [3.05, 3.63) is 29.8 Å². The van der Waals surface area contributed by atoms with E-state index in [-0.39, 0.29) is 17.9 Å². The van der Waals surface area contributed by atoms with Crippen LogP contribution in [0.1, 0.15) is 44.6 Å². The van der Waals surface area contributed by atoms with E-state index in [0.717, 1.165) is 24.2 Å². The monoisotopic (exact) mass is 420 g/mol. The van der Waals surface area contributed by atoms with E-state index in [0.29, 0.717) is 31.5 Å². The second-order valence-corrected chi connectivity index (χ2v) is 9.01. The summed E-state index contributed by atoms with van der Waals surface area (Å²) in [6.07, 6.45) is -0.782. The molecule has 0 unspecified atom stereocenters. The number of carbonyl (C=O) groups excluding carboxylic acids is 1. The van der Waals surface area contributed by atoms with Crippen LogP contribution in [0.25, 0.3) is 0 Å². The molecule has 0 aliphatic carbocycles. The van der Waals surface area contributed by atoms with Gasteiger partial charge in [0.25, 0.3) is 0 Å². The maximum atomic E-state index is 12.7. The first-order valence-electron chi connectivity index (χ1n) is 9.57. The van der Waals surface area contributed by atoms with Crippen molar-refractivity contribution in [2.75, 3.05) is 26.2 Å². The van der Waals surface area contributed by atoms with Crippen LogP contribution in [0.4, 0.5) is 13.2 Å². The van der Waals surface area contributed by atoms with Crippen molar-refractivity contribution in [2.24, 2.45) is 0 Å². The SMILES string of the molecule is CCCCN(CC(F)(F)F)C(=O)Cc1ccc(S(=O)(=O)N2CCCCC2)cc1. The Balaban J connectivity index is 2.06. The van der Waals surface area contributed by atoms with Crippen molar-refractivity contribution in [2.45, 2.75) is 56.5 Å².